The summed E-state index contributed by atoms with van der Waals surface area (Å²) in [7, 11) is 0. The Morgan fingerprint density at radius 3 is 2.68 bits per heavy atom. The van der Waals surface area contributed by atoms with Crippen LogP contribution in [-0.2, 0) is 0 Å². The van der Waals surface area contributed by atoms with Gasteiger partial charge in [0.25, 0.3) is 0 Å². The summed E-state index contributed by atoms with van der Waals surface area (Å²) < 4.78 is 13.5. The first-order chi connectivity index (χ1) is 8.99. The van der Waals surface area contributed by atoms with Crippen molar-refractivity contribution in [2.75, 3.05) is 6.54 Å². The molecule has 0 saturated carbocycles. The van der Waals surface area contributed by atoms with Crippen LogP contribution in [0.15, 0.2) is 24.3 Å². The molecule has 2 rings (SSSR count). The molecule has 0 aromatic heterocycles. The SMILES string of the molecule is CC1CCC(C)N(C(c2cccc(F)c2)C(C)N)C1. The third kappa shape index (κ3) is 3.34. The maximum atomic E-state index is 13.5. The van der Waals surface area contributed by atoms with Gasteiger partial charge < -0.3 is 5.73 Å². The second-order valence-corrected chi connectivity index (χ2v) is 6.09. The van der Waals surface area contributed by atoms with Gasteiger partial charge in [0.05, 0.1) is 0 Å². The van der Waals surface area contributed by atoms with Gasteiger partial charge in [-0.3, -0.25) is 4.90 Å². The van der Waals surface area contributed by atoms with E-state index in [0.29, 0.717) is 12.0 Å². The molecule has 1 heterocycles. The lowest BCUT2D eigenvalue weighted by molar-refractivity contribution is 0.0659. The molecule has 4 atom stereocenters. The van der Waals surface area contributed by atoms with E-state index in [1.807, 2.05) is 13.0 Å². The zero-order valence-corrected chi connectivity index (χ0v) is 12.1. The molecule has 3 heteroatoms. The normalized spacial score (nSPS) is 28.1. The molecular weight excluding hydrogens is 239 g/mol. The first-order valence-electron chi connectivity index (χ1n) is 7.26. The van der Waals surface area contributed by atoms with E-state index in [9.17, 15) is 4.39 Å². The van der Waals surface area contributed by atoms with Gasteiger partial charge in [0, 0.05) is 24.7 Å². The highest BCUT2D eigenvalue weighted by molar-refractivity contribution is 5.22. The number of halogens is 1. The number of nitrogens with zero attached hydrogens (tertiary/aromatic N) is 1. The maximum absolute atomic E-state index is 13.5. The Morgan fingerprint density at radius 2 is 2.05 bits per heavy atom. The zero-order valence-electron chi connectivity index (χ0n) is 12.1. The molecule has 2 N–H and O–H groups in total. The largest absolute Gasteiger partial charge is 0.326 e. The van der Waals surface area contributed by atoms with Crippen molar-refractivity contribution in [3.8, 4) is 0 Å². The lowest BCUT2D eigenvalue weighted by atomic mass is 9.89. The average molecular weight is 264 g/mol. The Hall–Kier alpha value is -0.930. The third-order valence-corrected chi connectivity index (χ3v) is 4.21. The van der Waals surface area contributed by atoms with Crippen LogP contribution in [0.25, 0.3) is 0 Å². The van der Waals surface area contributed by atoms with E-state index in [-0.39, 0.29) is 17.9 Å². The number of benzene rings is 1. The number of piperidine rings is 1. The van der Waals surface area contributed by atoms with Crippen molar-refractivity contribution in [1.29, 1.82) is 0 Å². The molecule has 0 aliphatic carbocycles. The molecule has 0 spiro atoms. The van der Waals surface area contributed by atoms with E-state index in [0.717, 1.165) is 12.1 Å². The average Bonchev–Trinajstić information content (AvgIpc) is 2.33. The van der Waals surface area contributed by atoms with Crippen LogP contribution in [0, 0.1) is 11.7 Å². The highest BCUT2D eigenvalue weighted by atomic mass is 19.1. The summed E-state index contributed by atoms with van der Waals surface area (Å²) in [4.78, 5) is 2.45. The van der Waals surface area contributed by atoms with Crippen LogP contribution >= 0.6 is 0 Å². The van der Waals surface area contributed by atoms with Gasteiger partial charge in [-0.2, -0.15) is 0 Å². The fourth-order valence-corrected chi connectivity index (χ4v) is 3.20. The number of hydrogen-bond donors (Lipinski definition) is 1. The second-order valence-electron chi connectivity index (χ2n) is 6.09. The number of likely N-dealkylation sites (tertiary alicyclic amines) is 1. The van der Waals surface area contributed by atoms with Crippen molar-refractivity contribution in [2.24, 2.45) is 11.7 Å². The first kappa shape index (κ1) is 14.5. The molecular formula is C16H25FN2. The molecule has 0 radical (unpaired) electrons. The quantitative estimate of drug-likeness (QED) is 0.907. The van der Waals surface area contributed by atoms with Crippen molar-refractivity contribution >= 4 is 0 Å². The Bertz CT molecular complexity index is 419. The van der Waals surface area contributed by atoms with Crippen LogP contribution in [0.2, 0.25) is 0 Å². The number of hydrogen-bond acceptors (Lipinski definition) is 2. The van der Waals surface area contributed by atoms with Gasteiger partial charge in [0.2, 0.25) is 0 Å². The second kappa shape index (κ2) is 6.02. The van der Waals surface area contributed by atoms with Crippen LogP contribution in [0.1, 0.15) is 45.2 Å². The lowest BCUT2D eigenvalue weighted by Gasteiger charge is -2.43. The van der Waals surface area contributed by atoms with Crippen LogP contribution in [-0.4, -0.2) is 23.5 Å². The van der Waals surface area contributed by atoms with Gasteiger partial charge in [-0.15, -0.1) is 0 Å². The Balaban J connectivity index is 2.29. The van der Waals surface area contributed by atoms with Gasteiger partial charge in [0.1, 0.15) is 5.82 Å². The predicted octanol–water partition coefficient (Wildman–Crippen LogP) is 3.33. The topological polar surface area (TPSA) is 29.3 Å². The Labute approximate surface area is 115 Å². The van der Waals surface area contributed by atoms with Crippen molar-refractivity contribution < 1.29 is 4.39 Å². The Kier molecular flexibility index (Phi) is 4.58. The van der Waals surface area contributed by atoms with E-state index < -0.39 is 0 Å². The first-order valence-corrected chi connectivity index (χ1v) is 7.26. The smallest absolute Gasteiger partial charge is 0.123 e. The monoisotopic (exact) mass is 264 g/mol. The maximum Gasteiger partial charge on any atom is 0.123 e. The zero-order chi connectivity index (χ0) is 14.0. The van der Waals surface area contributed by atoms with Crippen molar-refractivity contribution in [1.82, 2.24) is 4.90 Å². The summed E-state index contributed by atoms with van der Waals surface area (Å²) in [6, 6.07) is 7.49. The summed E-state index contributed by atoms with van der Waals surface area (Å²) in [5, 5.41) is 0. The highest BCUT2D eigenvalue weighted by Crippen LogP contribution is 2.32. The molecule has 0 amide bonds. The van der Waals surface area contributed by atoms with Crippen molar-refractivity contribution in [3.05, 3.63) is 35.6 Å². The summed E-state index contributed by atoms with van der Waals surface area (Å²) in [5.74, 6) is 0.506. The summed E-state index contributed by atoms with van der Waals surface area (Å²) in [6.45, 7) is 7.59. The van der Waals surface area contributed by atoms with E-state index in [4.69, 9.17) is 5.73 Å². The summed E-state index contributed by atoms with van der Waals surface area (Å²) in [5.41, 5.74) is 7.19. The number of rotatable bonds is 3. The summed E-state index contributed by atoms with van der Waals surface area (Å²) in [6.07, 6.45) is 2.46. The molecule has 2 nitrogen and oxygen atoms in total. The number of nitrogens with two attached hydrogens (primary N) is 1. The van der Waals surface area contributed by atoms with Gasteiger partial charge in [0.15, 0.2) is 0 Å². The van der Waals surface area contributed by atoms with Gasteiger partial charge >= 0.3 is 0 Å². The van der Waals surface area contributed by atoms with E-state index in [2.05, 4.69) is 18.7 Å². The molecule has 1 aliphatic heterocycles. The molecule has 19 heavy (non-hydrogen) atoms. The fraction of sp³-hybridized carbons (Fsp3) is 0.625. The van der Waals surface area contributed by atoms with Crippen LogP contribution in [0.5, 0.6) is 0 Å². The van der Waals surface area contributed by atoms with Crippen LogP contribution < -0.4 is 5.73 Å². The minimum absolute atomic E-state index is 0.00505. The van der Waals surface area contributed by atoms with Gasteiger partial charge in [-0.1, -0.05) is 19.1 Å². The van der Waals surface area contributed by atoms with Crippen LogP contribution in [0.4, 0.5) is 4.39 Å². The minimum atomic E-state index is -0.180. The van der Waals surface area contributed by atoms with E-state index in [1.54, 1.807) is 12.1 Å². The van der Waals surface area contributed by atoms with Crippen molar-refractivity contribution in [3.63, 3.8) is 0 Å². The van der Waals surface area contributed by atoms with Gasteiger partial charge in [-0.05, 0) is 50.3 Å². The molecule has 1 saturated heterocycles. The standard InChI is InChI=1S/C16H25FN2/c1-11-7-8-12(2)19(10-11)16(13(3)18)14-5-4-6-15(17)9-14/h4-6,9,11-13,16H,7-8,10,18H2,1-3H3. The molecule has 106 valence electrons. The molecule has 1 aliphatic rings. The molecule has 1 aromatic carbocycles. The highest BCUT2D eigenvalue weighted by Gasteiger charge is 2.32. The summed E-state index contributed by atoms with van der Waals surface area (Å²) >= 11 is 0. The third-order valence-electron chi connectivity index (χ3n) is 4.21. The lowest BCUT2D eigenvalue weighted by Crippen LogP contribution is -2.48. The minimum Gasteiger partial charge on any atom is -0.326 e. The van der Waals surface area contributed by atoms with Gasteiger partial charge in [-0.25, -0.2) is 4.39 Å². The van der Waals surface area contributed by atoms with Crippen molar-refractivity contribution in [2.45, 2.75) is 51.7 Å². The van der Waals surface area contributed by atoms with E-state index >= 15 is 0 Å². The molecule has 0 bridgehead atoms. The Morgan fingerprint density at radius 1 is 1.32 bits per heavy atom. The molecule has 4 unspecified atom stereocenters. The van der Waals surface area contributed by atoms with E-state index in [1.165, 1.54) is 18.9 Å². The molecule has 1 aromatic rings. The molecule has 1 fully saturated rings. The predicted molar refractivity (Wildman–Crippen MR) is 77.4 cm³/mol. The fourth-order valence-electron chi connectivity index (χ4n) is 3.20. The van der Waals surface area contributed by atoms with Crippen LogP contribution in [0.3, 0.4) is 0 Å².